The van der Waals surface area contributed by atoms with Crippen LogP contribution in [-0.4, -0.2) is 4.98 Å². The van der Waals surface area contributed by atoms with Gasteiger partial charge in [0.1, 0.15) is 5.82 Å². The molecule has 0 fully saturated rings. The lowest BCUT2D eigenvalue weighted by atomic mass is 10.3. The molecule has 0 bridgehead atoms. The van der Waals surface area contributed by atoms with Crippen LogP contribution in [0.4, 0.5) is 4.39 Å². The van der Waals surface area contributed by atoms with Crippen LogP contribution in [0.25, 0.3) is 0 Å². The van der Waals surface area contributed by atoms with Gasteiger partial charge in [0.2, 0.25) is 0 Å². The van der Waals surface area contributed by atoms with E-state index < -0.39 is 0 Å². The summed E-state index contributed by atoms with van der Waals surface area (Å²) in [6.45, 7) is 0.288. The molecule has 0 atom stereocenters. The number of halogens is 2. The summed E-state index contributed by atoms with van der Waals surface area (Å²) < 4.78 is 13.2. The minimum atomic E-state index is -0.254. The van der Waals surface area contributed by atoms with Gasteiger partial charge in [-0.2, -0.15) is 0 Å². The average Bonchev–Trinajstić information content (AvgIpc) is 1.95. The molecule has 2 nitrogen and oxygen atoms in total. The molecule has 0 aromatic carbocycles. The fourth-order valence-corrected chi connectivity index (χ4v) is 1.14. The van der Waals surface area contributed by atoms with Crippen molar-refractivity contribution in [3.05, 3.63) is 27.3 Å². The van der Waals surface area contributed by atoms with Crippen molar-refractivity contribution in [1.82, 2.24) is 4.98 Å². The summed E-state index contributed by atoms with van der Waals surface area (Å²) in [5.41, 5.74) is 5.90. The third-order valence-corrected chi connectivity index (χ3v) is 2.25. The maximum absolute atomic E-state index is 12.7. The number of rotatable bonds is 1. The van der Waals surface area contributed by atoms with Crippen LogP contribution in [0, 0.1) is 9.39 Å². The molecule has 10 heavy (non-hydrogen) atoms. The molecule has 1 heterocycles. The lowest BCUT2D eigenvalue weighted by molar-refractivity contribution is 0.613. The van der Waals surface area contributed by atoms with E-state index in [1.807, 2.05) is 22.6 Å². The molecule has 0 radical (unpaired) electrons. The van der Waals surface area contributed by atoms with Gasteiger partial charge in [-0.25, -0.2) is 4.39 Å². The van der Waals surface area contributed by atoms with Crippen LogP contribution in [0.15, 0.2) is 12.3 Å². The molecule has 2 N–H and O–H groups in total. The molecule has 0 saturated heterocycles. The molecule has 0 amide bonds. The first-order valence-corrected chi connectivity index (χ1v) is 3.82. The van der Waals surface area contributed by atoms with Crippen molar-refractivity contribution < 1.29 is 4.39 Å². The van der Waals surface area contributed by atoms with Crippen LogP contribution < -0.4 is 5.73 Å². The van der Waals surface area contributed by atoms with Gasteiger partial charge in [-0.15, -0.1) is 0 Å². The van der Waals surface area contributed by atoms with Crippen molar-refractivity contribution in [2.24, 2.45) is 5.73 Å². The zero-order chi connectivity index (χ0) is 7.56. The monoisotopic (exact) mass is 252 g/mol. The molecule has 0 aliphatic rings. The van der Waals surface area contributed by atoms with E-state index in [1.54, 1.807) is 0 Å². The van der Waals surface area contributed by atoms with Crippen LogP contribution in [0.3, 0.4) is 0 Å². The van der Waals surface area contributed by atoms with Crippen LogP contribution >= 0.6 is 22.6 Å². The summed E-state index contributed by atoms with van der Waals surface area (Å²) >= 11 is 1.89. The van der Waals surface area contributed by atoms with E-state index in [9.17, 15) is 4.39 Å². The SMILES string of the molecule is NCc1nccc(F)c1I. The number of aromatic nitrogens is 1. The van der Waals surface area contributed by atoms with Gasteiger partial charge in [0.25, 0.3) is 0 Å². The predicted octanol–water partition coefficient (Wildman–Crippen LogP) is 1.28. The molecule has 0 saturated carbocycles. The second-order valence-electron chi connectivity index (χ2n) is 1.76. The van der Waals surface area contributed by atoms with Gasteiger partial charge in [0.15, 0.2) is 0 Å². The Morgan fingerprint density at radius 2 is 2.40 bits per heavy atom. The molecule has 0 aliphatic carbocycles. The van der Waals surface area contributed by atoms with Crippen molar-refractivity contribution in [3.63, 3.8) is 0 Å². The molecule has 1 aromatic heterocycles. The first kappa shape index (κ1) is 7.87. The largest absolute Gasteiger partial charge is 0.325 e. The number of hydrogen-bond donors (Lipinski definition) is 1. The lowest BCUT2D eigenvalue weighted by Crippen LogP contribution is -2.03. The Labute approximate surface area is 71.8 Å². The number of nitrogens with zero attached hydrogens (tertiary/aromatic N) is 1. The summed E-state index contributed by atoms with van der Waals surface area (Å²) in [6, 6.07) is 1.32. The van der Waals surface area contributed by atoms with E-state index in [0.717, 1.165) is 0 Å². The van der Waals surface area contributed by atoms with E-state index in [4.69, 9.17) is 5.73 Å². The van der Waals surface area contributed by atoms with Gasteiger partial charge >= 0.3 is 0 Å². The molecule has 4 heteroatoms. The third-order valence-electron chi connectivity index (χ3n) is 1.11. The number of pyridine rings is 1. The van der Waals surface area contributed by atoms with Crippen molar-refractivity contribution in [2.45, 2.75) is 6.54 Å². The van der Waals surface area contributed by atoms with Gasteiger partial charge in [0.05, 0.1) is 9.26 Å². The third kappa shape index (κ3) is 1.43. The lowest BCUT2D eigenvalue weighted by Gasteiger charge is -1.98. The number of hydrogen-bond acceptors (Lipinski definition) is 2. The highest BCUT2D eigenvalue weighted by Crippen LogP contribution is 2.12. The van der Waals surface area contributed by atoms with Gasteiger partial charge in [-0.1, -0.05) is 0 Å². The molecular weight excluding hydrogens is 246 g/mol. The van der Waals surface area contributed by atoms with Crippen molar-refractivity contribution in [2.75, 3.05) is 0 Å². The standard InChI is InChI=1S/C6H6FIN2/c7-4-1-2-10-5(3-9)6(4)8/h1-2H,3,9H2. The van der Waals surface area contributed by atoms with Crippen LogP contribution in [0.2, 0.25) is 0 Å². The number of nitrogens with two attached hydrogens (primary N) is 1. The van der Waals surface area contributed by atoms with E-state index in [0.29, 0.717) is 9.26 Å². The molecule has 0 aliphatic heterocycles. The molecule has 1 aromatic rings. The quantitative estimate of drug-likeness (QED) is 0.765. The Balaban J connectivity index is 3.14. The maximum Gasteiger partial charge on any atom is 0.139 e. The van der Waals surface area contributed by atoms with Crippen molar-refractivity contribution >= 4 is 22.6 Å². The summed E-state index contributed by atoms with van der Waals surface area (Å²) in [5.74, 6) is -0.254. The van der Waals surface area contributed by atoms with Crippen LogP contribution in [0.1, 0.15) is 5.69 Å². The van der Waals surface area contributed by atoms with E-state index in [2.05, 4.69) is 4.98 Å². The van der Waals surface area contributed by atoms with Crippen molar-refractivity contribution in [1.29, 1.82) is 0 Å². The van der Waals surface area contributed by atoms with E-state index in [-0.39, 0.29) is 12.4 Å². The molecule has 54 valence electrons. The van der Waals surface area contributed by atoms with Gasteiger partial charge < -0.3 is 5.73 Å². The molecular formula is C6H6FIN2. The van der Waals surface area contributed by atoms with E-state index >= 15 is 0 Å². The molecule has 0 spiro atoms. The van der Waals surface area contributed by atoms with Crippen LogP contribution in [0.5, 0.6) is 0 Å². The molecule has 1 rings (SSSR count). The molecule has 0 unspecified atom stereocenters. The zero-order valence-corrected chi connectivity index (χ0v) is 7.30. The van der Waals surface area contributed by atoms with E-state index in [1.165, 1.54) is 12.3 Å². The Bertz CT molecular complexity index is 239. The first-order valence-electron chi connectivity index (χ1n) is 2.74. The summed E-state index contributed by atoms with van der Waals surface area (Å²) in [5, 5.41) is 0. The highest BCUT2D eigenvalue weighted by atomic mass is 127. The van der Waals surface area contributed by atoms with Crippen LogP contribution in [-0.2, 0) is 6.54 Å². The topological polar surface area (TPSA) is 38.9 Å². The first-order chi connectivity index (χ1) is 4.75. The Hall–Kier alpha value is -0.230. The summed E-state index contributed by atoms with van der Waals surface area (Å²) in [6.07, 6.45) is 1.42. The predicted molar refractivity (Wildman–Crippen MR) is 44.8 cm³/mol. The minimum Gasteiger partial charge on any atom is -0.325 e. The minimum absolute atomic E-state index is 0.254. The van der Waals surface area contributed by atoms with Gasteiger partial charge in [0, 0.05) is 12.7 Å². The van der Waals surface area contributed by atoms with Gasteiger partial charge in [-0.3, -0.25) is 4.98 Å². The van der Waals surface area contributed by atoms with Crippen molar-refractivity contribution in [3.8, 4) is 0 Å². The second kappa shape index (κ2) is 3.25. The highest BCUT2D eigenvalue weighted by Gasteiger charge is 2.02. The Morgan fingerprint density at radius 1 is 1.70 bits per heavy atom. The Kier molecular flexibility index (Phi) is 2.56. The smallest absolute Gasteiger partial charge is 0.139 e. The normalized spacial score (nSPS) is 9.90. The maximum atomic E-state index is 12.7. The summed E-state index contributed by atoms with van der Waals surface area (Å²) in [4.78, 5) is 3.89. The summed E-state index contributed by atoms with van der Waals surface area (Å²) in [7, 11) is 0. The zero-order valence-electron chi connectivity index (χ0n) is 5.14. The average molecular weight is 252 g/mol. The fraction of sp³-hybridized carbons (Fsp3) is 0.167. The highest BCUT2D eigenvalue weighted by molar-refractivity contribution is 14.1. The fourth-order valence-electron chi connectivity index (χ4n) is 0.603. The van der Waals surface area contributed by atoms with Gasteiger partial charge in [-0.05, 0) is 28.7 Å². The second-order valence-corrected chi connectivity index (χ2v) is 2.84. The Morgan fingerprint density at radius 3 is 2.90 bits per heavy atom.